The Morgan fingerprint density at radius 3 is 2.35 bits per heavy atom. The number of hydrogen-bond donors (Lipinski definition) is 3. The van der Waals surface area contributed by atoms with E-state index in [1.807, 2.05) is 0 Å². The lowest BCUT2D eigenvalue weighted by Gasteiger charge is -2.26. The van der Waals surface area contributed by atoms with Gasteiger partial charge in [0.25, 0.3) is 5.91 Å². The molecule has 20 heavy (non-hydrogen) atoms. The molecule has 3 amide bonds. The summed E-state index contributed by atoms with van der Waals surface area (Å²) in [7, 11) is 0. The van der Waals surface area contributed by atoms with Gasteiger partial charge >= 0.3 is 6.03 Å². The van der Waals surface area contributed by atoms with Gasteiger partial charge in [-0.15, -0.1) is 0 Å². The number of imide groups is 1. The zero-order valence-corrected chi connectivity index (χ0v) is 11.9. The fourth-order valence-electron chi connectivity index (χ4n) is 2.46. The van der Waals surface area contributed by atoms with Gasteiger partial charge in [-0.05, 0) is 37.1 Å². The first-order valence-electron chi connectivity index (χ1n) is 6.68. The summed E-state index contributed by atoms with van der Waals surface area (Å²) in [5.74, 6) is -0.308. The Balaban J connectivity index is 2.22. The molecule has 0 radical (unpaired) electrons. The lowest BCUT2D eigenvalue weighted by atomic mass is 9.85. The fourth-order valence-corrected chi connectivity index (χ4v) is 2.59. The molecule has 4 N–H and O–H groups in total. The topological polar surface area (TPSA) is 84.2 Å². The van der Waals surface area contributed by atoms with E-state index < -0.39 is 11.6 Å². The molecule has 0 unspecified atom stereocenters. The van der Waals surface area contributed by atoms with E-state index in [2.05, 4.69) is 10.6 Å². The summed E-state index contributed by atoms with van der Waals surface area (Å²) in [4.78, 5) is 23.7. The molecule has 1 heterocycles. The Hall–Kier alpha value is -1.59. The van der Waals surface area contributed by atoms with Crippen LogP contribution in [0.2, 0.25) is 5.02 Å². The molecule has 1 fully saturated rings. The normalized spacial score (nSPS) is 21.7. The second kappa shape index (κ2) is 6.24. The van der Waals surface area contributed by atoms with Gasteiger partial charge in [0.15, 0.2) is 0 Å². The molecule has 0 aliphatic carbocycles. The Kier molecular flexibility index (Phi) is 4.62. The van der Waals surface area contributed by atoms with Crippen molar-refractivity contribution in [3.8, 4) is 0 Å². The van der Waals surface area contributed by atoms with Crippen LogP contribution in [0.15, 0.2) is 24.3 Å². The van der Waals surface area contributed by atoms with Crippen molar-refractivity contribution in [3.05, 3.63) is 34.9 Å². The van der Waals surface area contributed by atoms with Crippen molar-refractivity contribution >= 4 is 23.5 Å². The van der Waals surface area contributed by atoms with Gasteiger partial charge in [-0.2, -0.15) is 0 Å². The molecule has 0 spiro atoms. The highest BCUT2D eigenvalue weighted by molar-refractivity contribution is 6.30. The third kappa shape index (κ3) is 2.94. The van der Waals surface area contributed by atoms with E-state index in [1.165, 1.54) is 0 Å². The van der Waals surface area contributed by atoms with Gasteiger partial charge in [0.1, 0.15) is 5.54 Å². The summed E-state index contributed by atoms with van der Waals surface area (Å²) >= 11 is 5.87. The molecule has 1 aliphatic rings. The van der Waals surface area contributed by atoms with E-state index in [0.717, 1.165) is 24.8 Å². The molecule has 1 atom stereocenters. The van der Waals surface area contributed by atoms with Crippen LogP contribution < -0.4 is 16.4 Å². The predicted octanol–water partition coefficient (Wildman–Crippen LogP) is 1.89. The third-order valence-electron chi connectivity index (χ3n) is 3.53. The number of amides is 3. The standard InChI is InChI=1S/C14H18ClN3O2/c15-11-6-4-10(5-7-11)14(8-2-1-3-9-16)12(19)17-13(20)18-14/h4-7H,1-3,8-9,16H2,(H2,17,18,19,20)/t14-/m1/s1. The zero-order valence-electron chi connectivity index (χ0n) is 11.1. The minimum atomic E-state index is -0.990. The number of halogens is 1. The van der Waals surface area contributed by atoms with Crippen LogP contribution in [0, 0.1) is 0 Å². The molecular formula is C14H18ClN3O2. The van der Waals surface area contributed by atoms with Gasteiger partial charge in [-0.25, -0.2) is 4.79 Å². The second-order valence-corrected chi connectivity index (χ2v) is 5.36. The van der Waals surface area contributed by atoms with Gasteiger partial charge in [0.05, 0.1) is 0 Å². The number of urea groups is 1. The summed E-state index contributed by atoms with van der Waals surface area (Å²) in [6, 6.07) is 6.53. The van der Waals surface area contributed by atoms with Gasteiger partial charge in [0, 0.05) is 5.02 Å². The highest BCUT2D eigenvalue weighted by Gasteiger charge is 2.46. The summed E-state index contributed by atoms with van der Waals surface area (Å²) in [5, 5.41) is 5.67. The SMILES string of the molecule is NCCCCC[C@]1(c2ccc(Cl)cc2)NC(=O)NC1=O. The smallest absolute Gasteiger partial charge is 0.322 e. The molecule has 1 aromatic rings. The van der Waals surface area contributed by atoms with Crippen LogP contribution in [0.25, 0.3) is 0 Å². The van der Waals surface area contributed by atoms with E-state index in [9.17, 15) is 9.59 Å². The molecule has 0 saturated carbocycles. The summed E-state index contributed by atoms with van der Waals surface area (Å²) in [6.45, 7) is 0.631. The maximum atomic E-state index is 12.2. The predicted molar refractivity (Wildman–Crippen MR) is 77.3 cm³/mol. The Labute approximate surface area is 122 Å². The molecule has 2 rings (SSSR count). The molecular weight excluding hydrogens is 278 g/mol. The zero-order chi connectivity index (χ0) is 14.6. The minimum Gasteiger partial charge on any atom is -0.330 e. The summed E-state index contributed by atoms with van der Waals surface area (Å²) < 4.78 is 0. The second-order valence-electron chi connectivity index (χ2n) is 4.92. The fraction of sp³-hybridized carbons (Fsp3) is 0.429. The van der Waals surface area contributed by atoms with Crippen LogP contribution in [-0.4, -0.2) is 18.5 Å². The molecule has 6 heteroatoms. The number of nitrogens with two attached hydrogens (primary N) is 1. The molecule has 1 aliphatic heterocycles. The van der Waals surface area contributed by atoms with E-state index in [4.69, 9.17) is 17.3 Å². The average molecular weight is 296 g/mol. The Morgan fingerprint density at radius 1 is 1.10 bits per heavy atom. The van der Waals surface area contributed by atoms with Crippen LogP contribution in [0.3, 0.4) is 0 Å². The first-order valence-corrected chi connectivity index (χ1v) is 7.06. The van der Waals surface area contributed by atoms with Gasteiger partial charge < -0.3 is 11.1 Å². The van der Waals surface area contributed by atoms with Crippen molar-refractivity contribution in [2.24, 2.45) is 5.73 Å². The largest absolute Gasteiger partial charge is 0.330 e. The molecule has 0 aromatic heterocycles. The van der Waals surface area contributed by atoms with Crippen molar-refractivity contribution in [1.82, 2.24) is 10.6 Å². The highest BCUT2D eigenvalue weighted by Crippen LogP contribution is 2.31. The first-order chi connectivity index (χ1) is 9.58. The quantitative estimate of drug-likeness (QED) is 0.553. The van der Waals surface area contributed by atoms with Crippen LogP contribution in [0.5, 0.6) is 0 Å². The van der Waals surface area contributed by atoms with Crippen molar-refractivity contribution < 1.29 is 9.59 Å². The third-order valence-corrected chi connectivity index (χ3v) is 3.79. The van der Waals surface area contributed by atoms with Crippen LogP contribution in [-0.2, 0) is 10.3 Å². The van der Waals surface area contributed by atoms with Crippen molar-refractivity contribution in [2.75, 3.05) is 6.54 Å². The van der Waals surface area contributed by atoms with Crippen molar-refractivity contribution in [2.45, 2.75) is 31.2 Å². The first kappa shape index (κ1) is 14.8. The maximum Gasteiger partial charge on any atom is 0.322 e. The Morgan fingerprint density at radius 2 is 1.80 bits per heavy atom. The number of carbonyl (C=O) groups excluding carboxylic acids is 2. The Bertz CT molecular complexity index is 504. The minimum absolute atomic E-state index is 0.308. The van der Waals surface area contributed by atoms with Crippen molar-refractivity contribution in [3.63, 3.8) is 0 Å². The molecule has 1 aromatic carbocycles. The average Bonchev–Trinajstić information content (AvgIpc) is 2.71. The van der Waals surface area contributed by atoms with E-state index in [1.54, 1.807) is 24.3 Å². The molecule has 108 valence electrons. The van der Waals surface area contributed by atoms with E-state index in [-0.39, 0.29) is 5.91 Å². The summed E-state index contributed by atoms with van der Waals surface area (Å²) in [5.41, 5.74) is 5.23. The lowest BCUT2D eigenvalue weighted by Crippen LogP contribution is -2.43. The summed E-state index contributed by atoms with van der Waals surface area (Å²) in [6.07, 6.45) is 3.20. The number of unbranched alkanes of at least 4 members (excludes halogenated alkanes) is 2. The van der Waals surface area contributed by atoms with E-state index in [0.29, 0.717) is 18.0 Å². The molecule has 1 saturated heterocycles. The monoisotopic (exact) mass is 295 g/mol. The highest BCUT2D eigenvalue weighted by atomic mass is 35.5. The van der Waals surface area contributed by atoms with Crippen LogP contribution >= 0.6 is 11.6 Å². The molecule has 0 bridgehead atoms. The lowest BCUT2D eigenvalue weighted by molar-refractivity contribution is -0.124. The maximum absolute atomic E-state index is 12.2. The number of benzene rings is 1. The van der Waals surface area contributed by atoms with Gasteiger partial charge in [-0.1, -0.05) is 36.6 Å². The number of carbonyl (C=O) groups is 2. The number of nitrogens with one attached hydrogen (secondary N) is 2. The van der Waals surface area contributed by atoms with Gasteiger partial charge in [0.2, 0.25) is 0 Å². The van der Waals surface area contributed by atoms with Crippen LogP contribution in [0.1, 0.15) is 31.2 Å². The number of rotatable bonds is 6. The van der Waals surface area contributed by atoms with Crippen molar-refractivity contribution in [1.29, 1.82) is 0 Å². The number of hydrogen-bond acceptors (Lipinski definition) is 3. The van der Waals surface area contributed by atoms with Crippen LogP contribution in [0.4, 0.5) is 4.79 Å². The van der Waals surface area contributed by atoms with Gasteiger partial charge in [-0.3, -0.25) is 10.1 Å². The van der Waals surface area contributed by atoms with E-state index >= 15 is 0 Å². The molecule has 5 nitrogen and oxygen atoms in total.